The van der Waals surface area contributed by atoms with E-state index in [0.717, 1.165) is 0 Å². The Labute approximate surface area is 103 Å². The third-order valence-electron chi connectivity index (χ3n) is 2.72. The summed E-state index contributed by atoms with van der Waals surface area (Å²) in [5, 5.41) is 1.65. The van der Waals surface area contributed by atoms with Crippen molar-refractivity contribution in [1.82, 2.24) is 19.6 Å². The average molecular weight is 243 g/mol. The molecule has 18 heavy (non-hydrogen) atoms. The fraction of sp³-hybridized carbons (Fsp3) is 0.0833. The predicted octanol–water partition coefficient (Wildman–Crippen LogP) is 1.86. The highest BCUT2D eigenvalue weighted by Gasteiger charge is 2.12. The number of hydrogen-bond acceptors (Lipinski definition) is 4. The van der Waals surface area contributed by atoms with Gasteiger partial charge in [0.1, 0.15) is 24.0 Å². The van der Waals surface area contributed by atoms with E-state index in [1.54, 1.807) is 47.5 Å². The molecule has 0 amide bonds. The van der Waals surface area contributed by atoms with Crippen molar-refractivity contribution in [2.75, 3.05) is 12.1 Å². The molecule has 0 bridgehead atoms. The number of imidazole rings is 1. The first kappa shape index (κ1) is 10.6. The summed E-state index contributed by atoms with van der Waals surface area (Å²) in [6.45, 7) is 0. The van der Waals surface area contributed by atoms with Gasteiger partial charge in [-0.1, -0.05) is 12.1 Å². The lowest BCUT2D eigenvalue weighted by Gasteiger charge is -2.20. The fourth-order valence-electron chi connectivity index (χ4n) is 1.80. The molecule has 3 aromatic rings. The Morgan fingerprint density at radius 1 is 1.22 bits per heavy atom. The van der Waals surface area contributed by atoms with E-state index in [-0.39, 0.29) is 5.82 Å². The lowest BCUT2D eigenvalue weighted by Crippen LogP contribution is -2.24. The van der Waals surface area contributed by atoms with Gasteiger partial charge in [-0.3, -0.25) is 5.01 Å². The molecule has 2 aromatic heterocycles. The van der Waals surface area contributed by atoms with E-state index >= 15 is 0 Å². The molecule has 0 fully saturated rings. The van der Waals surface area contributed by atoms with Crippen LogP contribution in [0.2, 0.25) is 0 Å². The number of nitrogens with zero attached hydrogens (tertiary/aromatic N) is 5. The monoisotopic (exact) mass is 243 g/mol. The molecule has 0 aliphatic heterocycles. The molecule has 0 spiro atoms. The van der Waals surface area contributed by atoms with Crippen LogP contribution in [0, 0.1) is 5.82 Å². The van der Waals surface area contributed by atoms with E-state index in [1.165, 1.54) is 12.4 Å². The SMILES string of the molecule is CN(c1ccccc1F)n1cnc2cncnc21. The number of anilines is 1. The largest absolute Gasteiger partial charge is 0.279 e. The van der Waals surface area contributed by atoms with Gasteiger partial charge < -0.3 is 0 Å². The minimum atomic E-state index is -0.295. The van der Waals surface area contributed by atoms with Crippen molar-refractivity contribution in [3.63, 3.8) is 0 Å². The van der Waals surface area contributed by atoms with Crippen molar-refractivity contribution in [3.8, 4) is 0 Å². The summed E-state index contributed by atoms with van der Waals surface area (Å²) in [6.07, 6.45) is 4.65. The Kier molecular flexibility index (Phi) is 2.40. The molecule has 3 rings (SSSR count). The smallest absolute Gasteiger partial charge is 0.182 e. The summed E-state index contributed by atoms with van der Waals surface area (Å²) in [5.74, 6) is -0.295. The normalized spacial score (nSPS) is 10.8. The van der Waals surface area contributed by atoms with Crippen LogP contribution in [0.3, 0.4) is 0 Å². The number of rotatable bonds is 2. The molecule has 0 N–H and O–H groups in total. The molecule has 0 radical (unpaired) electrons. The van der Waals surface area contributed by atoms with Crippen LogP contribution >= 0.6 is 0 Å². The number of benzene rings is 1. The summed E-state index contributed by atoms with van der Waals surface area (Å²) in [4.78, 5) is 12.2. The van der Waals surface area contributed by atoms with Crippen molar-refractivity contribution in [3.05, 3.63) is 48.9 Å². The van der Waals surface area contributed by atoms with Gasteiger partial charge >= 0.3 is 0 Å². The number of fused-ring (bicyclic) bond motifs is 1. The number of para-hydroxylation sites is 1. The molecule has 0 saturated carbocycles. The molecule has 0 aliphatic rings. The summed E-state index contributed by atoms with van der Waals surface area (Å²) in [6, 6.07) is 6.55. The van der Waals surface area contributed by atoms with E-state index in [1.807, 2.05) is 0 Å². The van der Waals surface area contributed by atoms with Gasteiger partial charge in [-0.2, -0.15) is 0 Å². The molecular formula is C12H10FN5. The Balaban J connectivity index is 2.13. The van der Waals surface area contributed by atoms with Crippen LogP contribution in [0.15, 0.2) is 43.1 Å². The maximum atomic E-state index is 13.7. The predicted molar refractivity (Wildman–Crippen MR) is 65.5 cm³/mol. The van der Waals surface area contributed by atoms with Crippen LogP contribution in [0.25, 0.3) is 11.2 Å². The third-order valence-corrected chi connectivity index (χ3v) is 2.72. The highest BCUT2D eigenvalue weighted by Crippen LogP contribution is 2.19. The fourth-order valence-corrected chi connectivity index (χ4v) is 1.80. The van der Waals surface area contributed by atoms with Crippen LogP contribution in [-0.2, 0) is 0 Å². The van der Waals surface area contributed by atoms with Crippen LogP contribution in [0.1, 0.15) is 0 Å². The number of halogens is 1. The Bertz CT molecular complexity index is 694. The van der Waals surface area contributed by atoms with Crippen LogP contribution in [0.4, 0.5) is 10.1 Å². The van der Waals surface area contributed by atoms with Crippen LogP contribution in [-0.4, -0.2) is 26.7 Å². The lowest BCUT2D eigenvalue weighted by molar-refractivity contribution is 0.615. The summed E-state index contributed by atoms with van der Waals surface area (Å²) < 4.78 is 15.4. The zero-order chi connectivity index (χ0) is 12.5. The van der Waals surface area contributed by atoms with Gasteiger partial charge in [-0.05, 0) is 12.1 Å². The lowest BCUT2D eigenvalue weighted by atomic mass is 10.3. The van der Waals surface area contributed by atoms with E-state index in [9.17, 15) is 4.39 Å². The van der Waals surface area contributed by atoms with Gasteiger partial charge in [0.25, 0.3) is 0 Å². The molecule has 5 nitrogen and oxygen atoms in total. The van der Waals surface area contributed by atoms with E-state index in [2.05, 4.69) is 15.0 Å². The number of hydrogen-bond donors (Lipinski definition) is 0. The highest BCUT2D eigenvalue weighted by molar-refractivity contribution is 5.70. The van der Waals surface area contributed by atoms with Gasteiger partial charge in [-0.15, -0.1) is 0 Å². The van der Waals surface area contributed by atoms with Crippen molar-refractivity contribution in [2.45, 2.75) is 0 Å². The van der Waals surface area contributed by atoms with E-state index in [0.29, 0.717) is 16.9 Å². The van der Waals surface area contributed by atoms with Crippen molar-refractivity contribution in [2.24, 2.45) is 0 Å². The molecule has 1 aromatic carbocycles. The quantitative estimate of drug-likeness (QED) is 0.689. The van der Waals surface area contributed by atoms with Gasteiger partial charge in [0, 0.05) is 7.05 Å². The first-order valence-corrected chi connectivity index (χ1v) is 5.39. The molecule has 0 aliphatic carbocycles. The second-order valence-electron chi connectivity index (χ2n) is 3.80. The van der Waals surface area contributed by atoms with Crippen molar-refractivity contribution < 1.29 is 4.39 Å². The van der Waals surface area contributed by atoms with Gasteiger partial charge in [0.15, 0.2) is 5.65 Å². The second-order valence-corrected chi connectivity index (χ2v) is 3.80. The Morgan fingerprint density at radius 3 is 2.89 bits per heavy atom. The molecule has 90 valence electrons. The number of aromatic nitrogens is 4. The minimum absolute atomic E-state index is 0.295. The van der Waals surface area contributed by atoms with E-state index in [4.69, 9.17) is 0 Å². The topological polar surface area (TPSA) is 46.8 Å². The van der Waals surface area contributed by atoms with Gasteiger partial charge in [0.05, 0.1) is 11.9 Å². The summed E-state index contributed by atoms with van der Waals surface area (Å²) in [5.41, 5.74) is 1.76. The maximum absolute atomic E-state index is 13.7. The standard InChI is InChI=1S/C12H10FN5/c1-17(11-5-3-2-4-9(11)13)18-8-16-10-6-14-7-15-12(10)18/h2-8H,1H3. The van der Waals surface area contributed by atoms with Crippen molar-refractivity contribution >= 4 is 16.9 Å². The zero-order valence-electron chi connectivity index (χ0n) is 9.66. The van der Waals surface area contributed by atoms with Crippen LogP contribution < -0.4 is 5.01 Å². The van der Waals surface area contributed by atoms with Gasteiger partial charge in [-0.25, -0.2) is 24.0 Å². The van der Waals surface area contributed by atoms with Gasteiger partial charge in [0.2, 0.25) is 0 Å². The molecule has 0 saturated heterocycles. The Hall–Kier alpha value is -2.50. The molecular weight excluding hydrogens is 233 g/mol. The molecule has 2 heterocycles. The molecule has 6 heteroatoms. The summed E-state index contributed by atoms with van der Waals surface area (Å²) in [7, 11) is 1.75. The average Bonchev–Trinajstić information content (AvgIpc) is 2.82. The minimum Gasteiger partial charge on any atom is -0.279 e. The molecule has 0 atom stereocenters. The van der Waals surface area contributed by atoms with Crippen LogP contribution in [0.5, 0.6) is 0 Å². The van der Waals surface area contributed by atoms with E-state index < -0.39 is 0 Å². The first-order chi connectivity index (χ1) is 8.77. The third kappa shape index (κ3) is 1.58. The summed E-state index contributed by atoms with van der Waals surface area (Å²) >= 11 is 0. The second kappa shape index (κ2) is 4.06. The zero-order valence-corrected chi connectivity index (χ0v) is 9.66. The maximum Gasteiger partial charge on any atom is 0.182 e. The van der Waals surface area contributed by atoms with Crippen molar-refractivity contribution in [1.29, 1.82) is 0 Å². The Morgan fingerprint density at radius 2 is 2.06 bits per heavy atom. The molecule has 0 unspecified atom stereocenters. The highest BCUT2D eigenvalue weighted by atomic mass is 19.1. The first-order valence-electron chi connectivity index (χ1n) is 5.39.